The second kappa shape index (κ2) is 9.99. The first-order valence-corrected chi connectivity index (χ1v) is 11.2. The van der Waals surface area contributed by atoms with Gasteiger partial charge in [-0.25, -0.2) is 4.39 Å². The van der Waals surface area contributed by atoms with Crippen molar-refractivity contribution in [3.8, 4) is 0 Å². The van der Waals surface area contributed by atoms with Crippen LogP contribution in [-0.4, -0.2) is 42.9 Å². The van der Waals surface area contributed by atoms with Crippen molar-refractivity contribution in [1.82, 2.24) is 10.2 Å². The van der Waals surface area contributed by atoms with Gasteiger partial charge >= 0.3 is 0 Å². The highest BCUT2D eigenvalue weighted by Crippen LogP contribution is 2.21. The van der Waals surface area contributed by atoms with Gasteiger partial charge in [-0.2, -0.15) is 0 Å². The maximum absolute atomic E-state index is 14.1. The fourth-order valence-electron chi connectivity index (χ4n) is 3.51. The summed E-state index contributed by atoms with van der Waals surface area (Å²) in [5.74, 6) is -0.503. The normalized spacial score (nSPS) is 14.4. The minimum Gasteiger partial charge on any atom is -0.451 e. The molecule has 164 valence electrons. The van der Waals surface area contributed by atoms with E-state index in [1.54, 1.807) is 59.5 Å². The van der Waals surface area contributed by atoms with Crippen molar-refractivity contribution in [3.63, 3.8) is 0 Å². The van der Waals surface area contributed by atoms with Crippen LogP contribution in [0, 0.1) is 9.58 Å². The van der Waals surface area contributed by atoms with Crippen LogP contribution in [0.25, 0.3) is 6.08 Å². The van der Waals surface area contributed by atoms with Crippen molar-refractivity contribution < 1.29 is 18.4 Å². The Morgan fingerprint density at radius 3 is 2.28 bits per heavy atom. The molecule has 0 atom stereocenters. The second-order valence-corrected chi connectivity index (χ2v) is 8.31. The van der Waals surface area contributed by atoms with E-state index in [-0.39, 0.29) is 23.3 Å². The first-order valence-electron chi connectivity index (χ1n) is 10.1. The highest BCUT2D eigenvalue weighted by Gasteiger charge is 2.26. The van der Waals surface area contributed by atoms with Gasteiger partial charge in [0.25, 0.3) is 11.8 Å². The predicted octanol–water partition coefficient (Wildman–Crippen LogP) is 4.14. The molecular weight excluding hydrogens is 524 g/mol. The zero-order chi connectivity index (χ0) is 22.5. The molecule has 0 aliphatic carbocycles. The Kier molecular flexibility index (Phi) is 6.89. The number of carbonyl (C=O) groups is 2. The van der Waals surface area contributed by atoms with Gasteiger partial charge in [-0.15, -0.1) is 0 Å². The zero-order valence-corrected chi connectivity index (χ0v) is 19.3. The number of carbonyl (C=O) groups excluding carboxylic acids is 2. The summed E-state index contributed by atoms with van der Waals surface area (Å²) >= 11 is 2.04. The van der Waals surface area contributed by atoms with Gasteiger partial charge in [-0.1, -0.05) is 30.3 Å². The number of piperazine rings is 1. The summed E-state index contributed by atoms with van der Waals surface area (Å²) in [6.07, 6.45) is 1.54. The van der Waals surface area contributed by atoms with Crippen LogP contribution in [0.2, 0.25) is 0 Å². The average Bonchev–Trinajstić information content (AvgIpc) is 3.23. The third kappa shape index (κ3) is 5.18. The van der Waals surface area contributed by atoms with Crippen LogP contribution in [0.15, 0.2) is 76.8 Å². The lowest BCUT2D eigenvalue weighted by molar-refractivity contribution is -0.127. The predicted molar refractivity (Wildman–Crippen MR) is 129 cm³/mol. The van der Waals surface area contributed by atoms with Crippen LogP contribution in [0.3, 0.4) is 0 Å². The molecule has 2 heterocycles. The van der Waals surface area contributed by atoms with Crippen molar-refractivity contribution in [2.45, 2.75) is 0 Å². The fraction of sp³-hybridized carbons (Fsp3) is 0.167. The lowest BCUT2D eigenvalue weighted by Gasteiger charge is -2.36. The number of amides is 2. The molecule has 8 heteroatoms. The monoisotopic (exact) mass is 545 g/mol. The van der Waals surface area contributed by atoms with Crippen LogP contribution < -0.4 is 10.2 Å². The molecule has 0 saturated carbocycles. The largest absolute Gasteiger partial charge is 0.451 e. The van der Waals surface area contributed by atoms with Gasteiger partial charge in [0.1, 0.15) is 17.3 Å². The number of hydrogen-bond donors (Lipinski definition) is 1. The standard InChI is InChI=1S/C24H21FIN3O3/c25-19-8-4-5-9-21(19)28-12-14-29(15-13-28)24(31)20(16-18-10-11-22(26)32-18)27-23(30)17-6-2-1-3-7-17/h1-11,16H,12-15H2,(H,27,30). The Bertz CT molecular complexity index is 1140. The molecule has 3 aromatic rings. The van der Waals surface area contributed by atoms with Gasteiger partial charge in [-0.3, -0.25) is 9.59 Å². The number of para-hydroxylation sites is 1. The molecule has 1 saturated heterocycles. The summed E-state index contributed by atoms with van der Waals surface area (Å²) in [6.45, 7) is 1.79. The van der Waals surface area contributed by atoms with E-state index in [2.05, 4.69) is 5.32 Å². The van der Waals surface area contributed by atoms with Crippen LogP contribution in [0.5, 0.6) is 0 Å². The van der Waals surface area contributed by atoms with E-state index in [9.17, 15) is 14.0 Å². The van der Waals surface area contributed by atoms with Gasteiger partial charge in [-0.05, 0) is 59.0 Å². The van der Waals surface area contributed by atoms with E-state index < -0.39 is 0 Å². The Hall–Kier alpha value is -3.14. The summed E-state index contributed by atoms with van der Waals surface area (Å²) in [5, 5.41) is 2.74. The quantitative estimate of drug-likeness (QED) is 0.387. The highest BCUT2D eigenvalue weighted by atomic mass is 127. The van der Waals surface area contributed by atoms with Gasteiger partial charge in [0.05, 0.1) is 5.69 Å². The number of anilines is 1. The van der Waals surface area contributed by atoms with E-state index in [0.29, 0.717) is 47.0 Å². The van der Waals surface area contributed by atoms with Crippen LogP contribution in [-0.2, 0) is 4.79 Å². The topological polar surface area (TPSA) is 65.8 Å². The molecule has 32 heavy (non-hydrogen) atoms. The van der Waals surface area contributed by atoms with E-state index in [1.165, 1.54) is 12.1 Å². The van der Waals surface area contributed by atoms with E-state index in [4.69, 9.17) is 4.42 Å². The molecule has 0 spiro atoms. The summed E-state index contributed by atoms with van der Waals surface area (Å²) in [6, 6.07) is 18.8. The smallest absolute Gasteiger partial charge is 0.270 e. The lowest BCUT2D eigenvalue weighted by atomic mass is 10.2. The lowest BCUT2D eigenvalue weighted by Crippen LogP contribution is -2.50. The second-order valence-electron chi connectivity index (χ2n) is 7.25. The van der Waals surface area contributed by atoms with Crippen LogP contribution >= 0.6 is 22.6 Å². The third-order valence-electron chi connectivity index (χ3n) is 5.16. The summed E-state index contributed by atoms with van der Waals surface area (Å²) < 4.78 is 20.4. The number of benzene rings is 2. The SMILES string of the molecule is O=C(NC(=Cc1ccc(I)o1)C(=O)N1CCN(c2ccccc2F)CC1)c1ccccc1. The molecule has 1 fully saturated rings. The van der Waals surface area contributed by atoms with Crippen molar-refractivity contribution >= 4 is 46.2 Å². The average molecular weight is 545 g/mol. The van der Waals surface area contributed by atoms with E-state index in [0.717, 1.165) is 0 Å². The Labute approximate surface area is 198 Å². The van der Waals surface area contributed by atoms with Gasteiger partial charge < -0.3 is 19.5 Å². The Morgan fingerprint density at radius 2 is 1.62 bits per heavy atom. The van der Waals surface area contributed by atoms with E-state index in [1.807, 2.05) is 33.6 Å². The molecule has 0 unspecified atom stereocenters. The van der Waals surface area contributed by atoms with Crippen LogP contribution in [0.4, 0.5) is 10.1 Å². The van der Waals surface area contributed by atoms with Gasteiger partial charge in [0, 0.05) is 37.8 Å². The van der Waals surface area contributed by atoms with Gasteiger partial charge in [0.2, 0.25) is 0 Å². The number of nitrogens with zero attached hydrogens (tertiary/aromatic N) is 2. The molecule has 1 aliphatic heterocycles. The zero-order valence-electron chi connectivity index (χ0n) is 17.1. The number of hydrogen-bond acceptors (Lipinski definition) is 4. The summed E-state index contributed by atoms with van der Waals surface area (Å²) in [5.41, 5.74) is 1.10. The minimum absolute atomic E-state index is 0.129. The first-order chi connectivity index (χ1) is 15.5. The van der Waals surface area contributed by atoms with Crippen molar-refractivity contribution in [2.75, 3.05) is 31.1 Å². The molecule has 2 aromatic carbocycles. The molecule has 0 radical (unpaired) electrons. The summed E-state index contributed by atoms with van der Waals surface area (Å²) in [4.78, 5) is 29.6. The first kappa shape index (κ1) is 22.1. The van der Waals surface area contributed by atoms with Crippen molar-refractivity contribution in [1.29, 1.82) is 0 Å². The number of nitrogens with one attached hydrogen (secondary N) is 1. The summed E-state index contributed by atoms with van der Waals surface area (Å²) in [7, 11) is 0. The van der Waals surface area contributed by atoms with Crippen molar-refractivity contribution in [3.05, 3.63) is 93.3 Å². The third-order valence-corrected chi connectivity index (χ3v) is 5.73. The Balaban J connectivity index is 1.51. The molecule has 1 aliphatic rings. The van der Waals surface area contributed by atoms with Crippen LogP contribution in [0.1, 0.15) is 16.1 Å². The molecule has 4 rings (SSSR count). The van der Waals surface area contributed by atoms with E-state index >= 15 is 0 Å². The molecule has 0 bridgehead atoms. The molecule has 2 amide bonds. The molecular formula is C24H21FIN3O3. The maximum atomic E-state index is 14.1. The molecule has 1 aromatic heterocycles. The fourth-order valence-corrected chi connectivity index (χ4v) is 3.95. The number of halogens is 2. The minimum atomic E-state index is -0.378. The van der Waals surface area contributed by atoms with Gasteiger partial charge in [0.15, 0.2) is 3.77 Å². The molecule has 6 nitrogen and oxygen atoms in total. The highest BCUT2D eigenvalue weighted by molar-refractivity contribution is 14.1. The number of rotatable bonds is 5. The maximum Gasteiger partial charge on any atom is 0.270 e. The van der Waals surface area contributed by atoms with Crippen molar-refractivity contribution in [2.24, 2.45) is 0 Å². The number of furan rings is 1. The Morgan fingerprint density at radius 1 is 0.938 bits per heavy atom. The molecule has 1 N–H and O–H groups in total.